The summed E-state index contributed by atoms with van der Waals surface area (Å²) < 4.78 is 12.4. The fourth-order valence-electron chi connectivity index (χ4n) is 1.48. The standard InChI is InChI=1S/C13H11Br2N3O2/c1-19-10-5-8(15)11(6-7(10)14)20-12-4-2-3-9(18-12)13(16)17/h2-6H,1H3,(H3,16,17). The number of nitrogens with one attached hydrogen (secondary N) is 1. The van der Waals surface area contributed by atoms with Crippen LogP contribution in [-0.4, -0.2) is 17.9 Å². The number of nitrogen functional groups attached to an aromatic ring is 1. The topological polar surface area (TPSA) is 81.2 Å². The lowest BCUT2D eigenvalue weighted by molar-refractivity contribution is 0.408. The third-order valence-corrected chi connectivity index (χ3v) is 3.66. The Balaban J connectivity index is 2.32. The molecule has 2 aromatic rings. The van der Waals surface area contributed by atoms with E-state index in [0.717, 1.165) is 8.95 Å². The van der Waals surface area contributed by atoms with E-state index in [2.05, 4.69) is 36.8 Å². The molecule has 104 valence electrons. The minimum Gasteiger partial charge on any atom is -0.496 e. The summed E-state index contributed by atoms with van der Waals surface area (Å²) in [5.41, 5.74) is 5.77. The predicted molar refractivity (Wildman–Crippen MR) is 83.7 cm³/mol. The molecule has 20 heavy (non-hydrogen) atoms. The maximum absolute atomic E-state index is 7.37. The molecule has 1 aromatic heterocycles. The monoisotopic (exact) mass is 399 g/mol. The van der Waals surface area contributed by atoms with E-state index in [0.29, 0.717) is 23.1 Å². The van der Waals surface area contributed by atoms with Crippen LogP contribution < -0.4 is 15.2 Å². The number of halogens is 2. The van der Waals surface area contributed by atoms with Crippen molar-refractivity contribution < 1.29 is 9.47 Å². The molecular weight excluding hydrogens is 390 g/mol. The molecule has 0 aliphatic carbocycles. The number of rotatable bonds is 4. The number of methoxy groups -OCH3 is 1. The summed E-state index contributed by atoms with van der Waals surface area (Å²) >= 11 is 6.80. The highest BCUT2D eigenvalue weighted by atomic mass is 79.9. The van der Waals surface area contributed by atoms with Gasteiger partial charge in [-0.3, -0.25) is 5.41 Å². The molecule has 0 radical (unpaired) electrons. The van der Waals surface area contributed by atoms with Gasteiger partial charge in [-0.2, -0.15) is 0 Å². The van der Waals surface area contributed by atoms with Crippen molar-refractivity contribution in [2.45, 2.75) is 0 Å². The van der Waals surface area contributed by atoms with Crippen molar-refractivity contribution in [2.24, 2.45) is 5.73 Å². The van der Waals surface area contributed by atoms with Crippen molar-refractivity contribution in [1.29, 1.82) is 5.41 Å². The molecular formula is C13H11Br2N3O2. The van der Waals surface area contributed by atoms with Crippen LogP contribution >= 0.6 is 31.9 Å². The second kappa shape index (κ2) is 6.23. The van der Waals surface area contributed by atoms with Crippen LogP contribution in [0.15, 0.2) is 39.3 Å². The van der Waals surface area contributed by atoms with Gasteiger partial charge in [0.2, 0.25) is 5.88 Å². The average molecular weight is 401 g/mol. The highest BCUT2D eigenvalue weighted by molar-refractivity contribution is 9.11. The number of pyridine rings is 1. The largest absolute Gasteiger partial charge is 0.496 e. The van der Waals surface area contributed by atoms with Crippen molar-refractivity contribution in [3.63, 3.8) is 0 Å². The fraction of sp³-hybridized carbons (Fsp3) is 0.0769. The van der Waals surface area contributed by atoms with Crippen LogP contribution in [0.25, 0.3) is 0 Å². The van der Waals surface area contributed by atoms with E-state index in [4.69, 9.17) is 20.6 Å². The van der Waals surface area contributed by atoms with Crippen molar-refractivity contribution in [3.05, 3.63) is 45.0 Å². The molecule has 2 rings (SSSR count). The van der Waals surface area contributed by atoms with Gasteiger partial charge in [0.05, 0.1) is 16.1 Å². The summed E-state index contributed by atoms with van der Waals surface area (Å²) in [6, 6.07) is 8.62. The van der Waals surface area contributed by atoms with Gasteiger partial charge in [-0.25, -0.2) is 4.98 Å². The van der Waals surface area contributed by atoms with Gasteiger partial charge in [0.1, 0.15) is 23.0 Å². The molecule has 0 amide bonds. The zero-order chi connectivity index (χ0) is 14.7. The molecule has 1 heterocycles. The molecule has 0 saturated carbocycles. The Morgan fingerprint density at radius 2 is 1.85 bits per heavy atom. The van der Waals surface area contributed by atoms with E-state index in [9.17, 15) is 0 Å². The third-order valence-electron chi connectivity index (χ3n) is 2.42. The Kier molecular flexibility index (Phi) is 4.61. The summed E-state index contributed by atoms with van der Waals surface area (Å²) in [7, 11) is 1.59. The maximum Gasteiger partial charge on any atom is 0.219 e. The van der Waals surface area contributed by atoms with Gasteiger partial charge < -0.3 is 15.2 Å². The van der Waals surface area contributed by atoms with Crippen LogP contribution in [0.2, 0.25) is 0 Å². The molecule has 0 atom stereocenters. The van der Waals surface area contributed by atoms with Gasteiger partial charge >= 0.3 is 0 Å². The summed E-state index contributed by atoms with van der Waals surface area (Å²) in [5, 5.41) is 7.37. The van der Waals surface area contributed by atoms with Crippen molar-refractivity contribution in [3.8, 4) is 17.4 Å². The first-order chi connectivity index (χ1) is 9.51. The zero-order valence-corrected chi connectivity index (χ0v) is 13.7. The van der Waals surface area contributed by atoms with E-state index in [-0.39, 0.29) is 5.84 Å². The Labute approximate surface area is 132 Å². The highest BCUT2D eigenvalue weighted by Gasteiger charge is 2.10. The number of hydrogen-bond donors (Lipinski definition) is 2. The predicted octanol–water partition coefficient (Wildman–Crippen LogP) is 3.69. The molecule has 0 bridgehead atoms. The zero-order valence-electron chi connectivity index (χ0n) is 10.5. The summed E-state index contributed by atoms with van der Waals surface area (Å²) in [5.74, 6) is 1.52. The van der Waals surface area contributed by atoms with Gasteiger partial charge in [-0.05, 0) is 50.1 Å². The van der Waals surface area contributed by atoms with Gasteiger partial charge in [0.25, 0.3) is 0 Å². The molecule has 7 heteroatoms. The van der Waals surface area contributed by atoms with Crippen LogP contribution in [0.1, 0.15) is 5.69 Å². The Morgan fingerprint density at radius 1 is 1.20 bits per heavy atom. The smallest absolute Gasteiger partial charge is 0.219 e. The number of nitrogens with two attached hydrogens (primary N) is 1. The van der Waals surface area contributed by atoms with Gasteiger partial charge in [0, 0.05) is 6.07 Å². The Bertz CT molecular complexity index is 662. The SMILES string of the molecule is COc1cc(Br)c(Oc2cccc(C(=N)N)n2)cc1Br. The number of nitrogens with zero attached hydrogens (tertiary/aromatic N) is 1. The van der Waals surface area contributed by atoms with Crippen LogP contribution in [0.4, 0.5) is 0 Å². The number of benzene rings is 1. The fourth-order valence-corrected chi connectivity index (χ4v) is 2.37. The first kappa shape index (κ1) is 14.8. The number of aromatic nitrogens is 1. The molecule has 0 unspecified atom stereocenters. The quantitative estimate of drug-likeness (QED) is 0.605. The Morgan fingerprint density at radius 3 is 2.50 bits per heavy atom. The van der Waals surface area contributed by atoms with E-state index >= 15 is 0 Å². The first-order valence-electron chi connectivity index (χ1n) is 5.53. The number of amidine groups is 1. The summed E-state index contributed by atoms with van der Waals surface area (Å²) in [6.45, 7) is 0. The van der Waals surface area contributed by atoms with Crippen LogP contribution in [0.5, 0.6) is 17.4 Å². The van der Waals surface area contributed by atoms with Gasteiger partial charge in [0.15, 0.2) is 0 Å². The van der Waals surface area contributed by atoms with Crippen LogP contribution in [-0.2, 0) is 0 Å². The van der Waals surface area contributed by atoms with Crippen molar-refractivity contribution in [1.82, 2.24) is 4.98 Å². The second-order valence-electron chi connectivity index (χ2n) is 3.79. The van der Waals surface area contributed by atoms with E-state index in [1.165, 1.54) is 0 Å². The third kappa shape index (κ3) is 3.29. The number of ether oxygens (including phenoxy) is 2. The van der Waals surface area contributed by atoms with Crippen LogP contribution in [0.3, 0.4) is 0 Å². The average Bonchev–Trinajstić information content (AvgIpc) is 2.42. The highest BCUT2D eigenvalue weighted by Crippen LogP contribution is 2.37. The van der Waals surface area contributed by atoms with Crippen molar-refractivity contribution in [2.75, 3.05) is 7.11 Å². The second-order valence-corrected chi connectivity index (χ2v) is 5.50. The molecule has 0 aliphatic heterocycles. The molecule has 5 nitrogen and oxygen atoms in total. The minimum atomic E-state index is -0.106. The maximum atomic E-state index is 7.37. The first-order valence-corrected chi connectivity index (χ1v) is 7.12. The lowest BCUT2D eigenvalue weighted by atomic mass is 10.3. The molecule has 1 aromatic carbocycles. The van der Waals surface area contributed by atoms with E-state index < -0.39 is 0 Å². The van der Waals surface area contributed by atoms with Crippen LogP contribution in [0, 0.1) is 5.41 Å². The number of hydrogen-bond acceptors (Lipinski definition) is 4. The summed E-state index contributed by atoms with van der Waals surface area (Å²) in [6.07, 6.45) is 0. The molecule has 3 N–H and O–H groups in total. The molecule has 0 saturated heterocycles. The van der Waals surface area contributed by atoms with E-state index in [1.807, 2.05) is 0 Å². The normalized spacial score (nSPS) is 10.2. The van der Waals surface area contributed by atoms with E-state index in [1.54, 1.807) is 37.4 Å². The molecule has 0 fully saturated rings. The van der Waals surface area contributed by atoms with Gasteiger partial charge in [-0.15, -0.1) is 0 Å². The summed E-state index contributed by atoms with van der Waals surface area (Å²) in [4.78, 5) is 4.14. The molecule has 0 aliphatic rings. The lowest BCUT2D eigenvalue weighted by Gasteiger charge is -2.10. The minimum absolute atomic E-state index is 0.106. The molecule has 0 spiro atoms. The Hall–Kier alpha value is -1.60. The van der Waals surface area contributed by atoms with Gasteiger partial charge in [-0.1, -0.05) is 6.07 Å². The lowest BCUT2D eigenvalue weighted by Crippen LogP contribution is -2.13. The van der Waals surface area contributed by atoms with Crippen molar-refractivity contribution >= 4 is 37.7 Å².